The fourth-order valence-corrected chi connectivity index (χ4v) is 2.63. The van der Waals surface area contributed by atoms with Gasteiger partial charge in [-0.05, 0) is 19.1 Å². The molecule has 11 heteroatoms. The molecular formula is C15H15F3N4O3S. The number of ether oxygens (including phenoxy) is 1. The van der Waals surface area contributed by atoms with E-state index in [-0.39, 0.29) is 18.8 Å². The Morgan fingerprint density at radius 1 is 1.23 bits per heavy atom. The van der Waals surface area contributed by atoms with Crippen LogP contribution in [0.1, 0.15) is 12.7 Å². The number of carbonyl (C=O) groups is 2. The summed E-state index contributed by atoms with van der Waals surface area (Å²) < 4.78 is 45.9. The summed E-state index contributed by atoms with van der Waals surface area (Å²) in [4.78, 5) is 23.3. The van der Waals surface area contributed by atoms with Gasteiger partial charge in [-0.15, -0.1) is 10.2 Å². The average molecular weight is 388 g/mol. The molecule has 1 amide bonds. The minimum atomic E-state index is -1.66. The molecule has 0 bridgehead atoms. The molecule has 0 aliphatic rings. The molecule has 2 aromatic rings. The Hall–Kier alpha value is -2.56. The fraction of sp³-hybridized carbons (Fsp3) is 0.333. The largest absolute Gasteiger partial charge is 0.466 e. The zero-order chi connectivity index (χ0) is 19.3. The Morgan fingerprint density at radius 2 is 1.96 bits per heavy atom. The van der Waals surface area contributed by atoms with Gasteiger partial charge in [0.25, 0.3) is 0 Å². The topological polar surface area (TPSA) is 86.1 Å². The van der Waals surface area contributed by atoms with Crippen molar-refractivity contribution in [2.45, 2.75) is 18.5 Å². The van der Waals surface area contributed by atoms with Gasteiger partial charge in [0.05, 0.1) is 18.0 Å². The van der Waals surface area contributed by atoms with Gasteiger partial charge in [0, 0.05) is 7.05 Å². The van der Waals surface area contributed by atoms with Crippen molar-refractivity contribution < 1.29 is 27.5 Å². The summed E-state index contributed by atoms with van der Waals surface area (Å²) in [6.07, 6.45) is -0.0653. The predicted molar refractivity (Wildman–Crippen MR) is 87.0 cm³/mol. The molecule has 7 nitrogen and oxygen atoms in total. The summed E-state index contributed by atoms with van der Waals surface area (Å²) in [5, 5.41) is 10.2. The number of carbonyl (C=O) groups excluding carboxylic acids is 2. The maximum absolute atomic E-state index is 13.5. The highest BCUT2D eigenvalue weighted by Crippen LogP contribution is 2.21. The van der Waals surface area contributed by atoms with E-state index in [4.69, 9.17) is 4.74 Å². The first-order valence-corrected chi connectivity index (χ1v) is 8.42. The van der Waals surface area contributed by atoms with E-state index in [1.165, 1.54) is 4.57 Å². The number of amides is 1. The second-order valence-electron chi connectivity index (χ2n) is 5.00. The zero-order valence-corrected chi connectivity index (χ0v) is 14.7. The minimum Gasteiger partial charge on any atom is -0.466 e. The van der Waals surface area contributed by atoms with Crippen LogP contribution in [0.25, 0.3) is 0 Å². The second kappa shape index (κ2) is 8.70. The van der Waals surface area contributed by atoms with E-state index in [1.54, 1.807) is 14.0 Å². The number of thioether (sulfide) groups is 1. The maximum atomic E-state index is 13.5. The highest BCUT2D eigenvalue weighted by molar-refractivity contribution is 7.99. The van der Waals surface area contributed by atoms with Crippen molar-refractivity contribution in [2.24, 2.45) is 7.05 Å². The number of hydrogen-bond acceptors (Lipinski definition) is 6. The normalized spacial score (nSPS) is 10.7. The lowest BCUT2D eigenvalue weighted by Crippen LogP contribution is -2.16. The lowest BCUT2D eigenvalue weighted by atomic mass is 10.3. The summed E-state index contributed by atoms with van der Waals surface area (Å²) in [5.41, 5.74) is -0.463. The SMILES string of the molecule is CCOC(=O)Cc1nnc(SCC(=O)Nc2ccc(F)c(F)c2F)n1C. The van der Waals surface area contributed by atoms with E-state index in [2.05, 4.69) is 15.5 Å². The molecule has 0 unspecified atom stereocenters. The van der Waals surface area contributed by atoms with Crippen LogP contribution in [-0.2, 0) is 27.8 Å². The van der Waals surface area contributed by atoms with Crippen molar-refractivity contribution in [3.05, 3.63) is 35.4 Å². The third kappa shape index (κ3) is 4.75. The van der Waals surface area contributed by atoms with Crippen LogP contribution in [0.3, 0.4) is 0 Å². The first-order valence-electron chi connectivity index (χ1n) is 7.43. The van der Waals surface area contributed by atoms with E-state index < -0.39 is 35.0 Å². The Kier molecular flexibility index (Phi) is 6.61. The number of nitrogens with one attached hydrogen (secondary N) is 1. The van der Waals surface area contributed by atoms with Crippen LogP contribution >= 0.6 is 11.8 Å². The molecule has 0 aliphatic heterocycles. The number of halogens is 3. The molecule has 1 aromatic heterocycles. The molecule has 0 radical (unpaired) electrons. The van der Waals surface area contributed by atoms with E-state index >= 15 is 0 Å². The highest BCUT2D eigenvalue weighted by Gasteiger charge is 2.17. The average Bonchev–Trinajstić information content (AvgIpc) is 2.94. The number of hydrogen-bond donors (Lipinski definition) is 1. The molecule has 1 N–H and O–H groups in total. The molecule has 0 atom stereocenters. The molecule has 2 rings (SSSR count). The number of benzene rings is 1. The predicted octanol–water partition coefficient (Wildman–Crippen LogP) is 2.07. The van der Waals surface area contributed by atoms with Gasteiger partial charge in [0.1, 0.15) is 12.2 Å². The summed E-state index contributed by atoms with van der Waals surface area (Å²) in [6.45, 7) is 1.93. The highest BCUT2D eigenvalue weighted by atomic mass is 32.2. The summed E-state index contributed by atoms with van der Waals surface area (Å²) in [6, 6.07) is 1.64. The van der Waals surface area contributed by atoms with Crippen LogP contribution in [0.4, 0.5) is 18.9 Å². The van der Waals surface area contributed by atoms with E-state index in [9.17, 15) is 22.8 Å². The quantitative estimate of drug-likeness (QED) is 0.444. The van der Waals surface area contributed by atoms with Crippen molar-refractivity contribution in [3.8, 4) is 0 Å². The lowest BCUT2D eigenvalue weighted by molar-refractivity contribution is -0.142. The third-order valence-electron chi connectivity index (χ3n) is 3.17. The fourth-order valence-electron chi connectivity index (χ4n) is 1.90. The molecule has 0 aliphatic carbocycles. The smallest absolute Gasteiger partial charge is 0.313 e. The molecule has 140 valence electrons. The van der Waals surface area contributed by atoms with Crippen LogP contribution in [-0.4, -0.2) is 39.0 Å². The molecule has 0 saturated carbocycles. The van der Waals surface area contributed by atoms with Gasteiger partial charge in [0.2, 0.25) is 5.91 Å². The Labute approximate surface area is 150 Å². The van der Waals surface area contributed by atoms with Crippen LogP contribution in [0.5, 0.6) is 0 Å². The summed E-state index contributed by atoms with van der Waals surface area (Å²) >= 11 is 0.984. The Morgan fingerprint density at radius 3 is 2.65 bits per heavy atom. The number of anilines is 1. The van der Waals surface area contributed by atoms with Gasteiger partial charge in [-0.1, -0.05) is 11.8 Å². The third-order valence-corrected chi connectivity index (χ3v) is 4.19. The Balaban J connectivity index is 1.95. The van der Waals surface area contributed by atoms with Crippen LogP contribution in [0.2, 0.25) is 0 Å². The van der Waals surface area contributed by atoms with Crippen LogP contribution in [0.15, 0.2) is 17.3 Å². The molecular weight excluding hydrogens is 373 g/mol. The molecule has 0 fully saturated rings. The van der Waals surface area contributed by atoms with Gasteiger partial charge in [-0.3, -0.25) is 9.59 Å². The van der Waals surface area contributed by atoms with E-state index in [0.717, 1.165) is 17.8 Å². The first kappa shape index (κ1) is 19.8. The van der Waals surface area contributed by atoms with Crippen molar-refractivity contribution in [1.29, 1.82) is 0 Å². The number of rotatable bonds is 7. The number of nitrogens with zero attached hydrogens (tertiary/aromatic N) is 3. The summed E-state index contributed by atoms with van der Waals surface area (Å²) in [5.74, 6) is -5.39. The molecule has 26 heavy (non-hydrogen) atoms. The molecule has 0 saturated heterocycles. The van der Waals surface area contributed by atoms with Gasteiger partial charge >= 0.3 is 5.97 Å². The molecule has 0 spiro atoms. The van der Waals surface area contributed by atoms with Crippen molar-refractivity contribution in [2.75, 3.05) is 17.7 Å². The van der Waals surface area contributed by atoms with Gasteiger partial charge in [0.15, 0.2) is 22.6 Å². The monoisotopic (exact) mass is 388 g/mol. The van der Waals surface area contributed by atoms with Gasteiger partial charge < -0.3 is 14.6 Å². The number of aromatic nitrogens is 3. The van der Waals surface area contributed by atoms with Gasteiger partial charge in [-0.2, -0.15) is 0 Å². The molecule has 1 heterocycles. The minimum absolute atomic E-state index is 0.0653. The van der Waals surface area contributed by atoms with Crippen molar-refractivity contribution in [3.63, 3.8) is 0 Å². The van der Waals surface area contributed by atoms with E-state index in [1.807, 2.05) is 0 Å². The summed E-state index contributed by atoms with van der Waals surface area (Å²) in [7, 11) is 1.61. The van der Waals surface area contributed by atoms with Crippen LogP contribution in [0, 0.1) is 17.5 Å². The lowest BCUT2D eigenvalue weighted by Gasteiger charge is -2.07. The first-order chi connectivity index (χ1) is 12.3. The Bertz CT molecular complexity index is 829. The standard InChI is InChI=1S/C15H15F3N4O3S/c1-3-25-12(24)6-10-20-21-15(22(10)2)26-7-11(23)19-9-5-4-8(16)13(17)14(9)18/h4-5H,3,6-7H2,1-2H3,(H,19,23). The van der Waals surface area contributed by atoms with Crippen LogP contribution < -0.4 is 5.32 Å². The second-order valence-corrected chi connectivity index (χ2v) is 5.94. The number of esters is 1. The van der Waals surface area contributed by atoms with Crippen molar-refractivity contribution in [1.82, 2.24) is 14.8 Å². The van der Waals surface area contributed by atoms with Crippen molar-refractivity contribution >= 4 is 29.3 Å². The van der Waals surface area contributed by atoms with E-state index in [0.29, 0.717) is 17.0 Å². The van der Waals surface area contributed by atoms with Gasteiger partial charge in [-0.25, -0.2) is 13.2 Å². The maximum Gasteiger partial charge on any atom is 0.313 e. The zero-order valence-electron chi connectivity index (χ0n) is 13.9. The molecule has 1 aromatic carbocycles.